The fourth-order valence-electron chi connectivity index (χ4n) is 1.76. The number of para-hydroxylation sites is 1. The highest BCUT2D eigenvalue weighted by Gasteiger charge is 2.13. The summed E-state index contributed by atoms with van der Waals surface area (Å²) in [5.74, 6) is -0.264. The van der Waals surface area contributed by atoms with Crippen molar-refractivity contribution in [3.05, 3.63) is 41.4 Å². The summed E-state index contributed by atoms with van der Waals surface area (Å²) < 4.78 is 4.65. The Morgan fingerprint density at radius 1 is 1.37 bits per heavy atom. The minimum absolute atomic E-state index is 0.222. The smallest absolute Gasteiger partial charge is 0.311 e. The summed E-state index contributed by atoms with van der Waals surface area (Å²) in [6.45, 7) is 2.91. The average molecular weight is 276 g/mol. The third kappa shape index (κ3) is 3.32. The van der Waals surface area contributed by atoms with Gasteiger partial charge in [0, 0.05) is 17.6 Å². The summed E-state index contributed by atoms with van der Waals surface area (Å²) in [7, 11) is 1.39. The molecular formula is C14H16N2O2S. The van der Waals surface area contributed by atoms with Gasteiger partial charge in [0.15, 0.2) is 5.13 Å². The van der Waals surface area contributed by atoms with Crippen LogP contribution < -0.4 is 4.90 Å². The van der Waals surface area contributed by atoms with Crippen molar-refractivity contribution in [3.8, 4) is 0 Å². The Morgan fingerprint density at radius 2 is 2.11 bits per heavy atom. The largest absolute Gasteiger partial charge is 0.469 e. The molecule has 19 heavy (non-hydrogen) atoms. The molecule has 0 atom stereocenters. The zero-order chi connectivity index (χ0) is 13.7. The first-order valence-corrected chi connectivity index (χ1v) is 6.96. The van der Waals surface area contributed by atoms with E-state index in [1.807, 2.05) is 35.7 Å². The molecule has 0 amide bonds. The Morgan fingerprint density at radius 3 is 2.74 bits per heavy atom. The number of carbonyl (C=O) groups excluding carboxylic acids is 1. The van der Waals surface area contributed by atoms with Gasteiger partial charge in [0.2, 0.25) is 0 Å². The number of nitrogens with zero attached hydrogens (tertiary/aromatic N) is 2. The van der Waals surface area contributed by atoms with Crippen LogP contribution >= 0.6 is 11.3 Å². The molecule has 5 heteroatoms. The average Bonchev–Trinajstić information content (AvgIpc) is 2.89. The number of hydrogen-bond acceptors (Lipinski definition) is 5. The van der Waals surface area contributed by atoms with Gasteiger partial charge < -0.3 is 9.64 Å². The first-order chi connectivity index (χ1) is 9.24. The van der Waals surface area contributed by atoms with E-state index in [1.54, 1.807) is 0 Å². The lowest BCUT2D eigenvalue weighted by Crippen LogP contribution is -2.15. The molecule has 0 bridgehead atoms. The Bertz CT molecular complexity index is 539. The van der Waals surface area contributed by atoms with Crippen LogP contribution in [0.2, 0.25) is 0 Å². The number of rotatable bonds is 5. The zero-order valence-electron chi connectivity index (χ0n) is 11.0. The quantitative estimate of drug-likeness (QED) is 0.787. The number of ether oxygens (including phenoxy) is 1. The zero-order valence-corrected chi connectivity index (χ0v) is 11.8. The number of anilines is 2. The van der Waals surface area contributed by atoms with Crippen LogP contribution in [0.15, 0.2) is 35.7 Å². The van der Waals surface area contributed by atoms with Crippen LogP contribution in [0.3, 0.4) is 0 Å². The van der Waals surface area contributed by atoms with E-state index in [2.05, 4.69) is 21.5 Å². The number of carbonyl (C=O) groups is 1. The van der Waals surface area contributed by atoms with Gasteiger partial charge in [-0.05, 0) is 19.1 Å². The fraction of sp³-hybridized carbons (Fsp3) is 0.286. The standard InChI is InChI=1S/C14H16N2O2S/c1-3-16(12-7-5-4-6-8-12)14-15-11(10-19-14)9-13(17)18-2/h4-8,10H,3,9H2,1-2H3. The molecule has 1 aromatic heterocycles. The van der Waals surface area contributed by atoms with Crippen molar-refractivity contribution in [2.24, 2.45) is 0 Å². The summed E-state index contributed by atoms with van der Waals surface area (Å²) in [6.07, 6.45) is 0.222. The molecule has 0 fully saturated rings. The molecule has 0 spiro atoms. The van der Waals surface area contributed by atoms with Gasteiger partial charge >= 0.3 is 5.97 Å². The molecule has 0 saturated carbocycles. The van der Waals surface area contributed by atoms with E-state index in [0.29, 0.717) is 0 Å². The monoisotopic (exact) mass is 276 g/mol. The minimum Gasteiger partial charge on any atom is -0.469 e. The maximum atomic E-state index is 11.2. The van der Waals surface area contributed by atoms with Crippen molar-refractivity contribution in [3.63, 3.8) is 0 Å². The number of aromatic nitrogens is 1. The number of hydrogen-bond donors (Lipinski definition) is 0. The van der Waals surface area contributed by atoms with Gasteiger partial charge in [0.25, 0.3) is 0 Å². The Hall–Kier alpha value is -1.88. The summed E-state index contributed by atoms with van der Waals surface area (Å²) in [6, 6.07) is 10.1. The normalized spacial score (nSPS) is 10.2. The molecular weight excluding hydrogens is 260 g/mol. The van der Waals surface area contributed by atoms with Crippen molar-refractivity contribution in [2.45, 2.75) is 13.3 Å². The highest BCUT2D eigenvalue weighted by atomic mass is 32.1. The van der Waals surface area contributed by atoms with Crippen molar-refractivity contribution < 1.29 is 9.53 Å². The first kappa shape index (κ1) is 13.5. The molecule has 0 radical (unpaired) electrons. The van der Waals surface area contributed by atoms with Gasteiger partial charge in [0.1, 0.15) is 0 Å². The Kier molecular flexibility index (Phi) is 4.52. The lowest BCUT2D eigenvalue weighted by Gasteiger charge is -2.19. The number of benzene rings is 1. The second kappa shape index (κ2) is 6.33. The number of thiazole rings is 1. The van der Waals surface area contributed by atoms with Gasteiger partial charge in [-0.3, -0.25) is 4.79 Å². The summed E-state index contributed by atoms with van der Waals surface area (Å²) >= 11 is 1.54. The van der Waals surface area contributed by atoms with Gasteiger partial charge in [-0.1, -0.05) is 18.2 Å². The Balaban J connectivity index is 2.18. The van der Waals surface area contributed by atoms with Gasteiger partial charge in [0.05, 0.1) is 19.2 Å². The number of methoxy groups -OCH3 is 1. The SMILES string of the molecule is CCN(c1ccccc1)c1nc(CC(=O)OC)cs1. The highest BCUT2D eigenvalue weighted by Crippen LogP contribution is 2.28. The lowest BCUT2D eigenvalue weighted by atomic mass is 10.3. The van der Waals surface area contributed by atoms with Crippen LogP contribution in [0.5, 0.6) is 0 Å². The molecule has 1 heterocycles. The van der Waals surface area contributed by atoms with Crippen molar-refractivity contribution in [1.29, 1.82) is 0 Å². The molecule has 0 saturated heterocycles. The predicted molar refractivity (Wildman–Crippen MR) is 77.0 cm³/mol. The molecule has 0 unspecified atom stereocenters. The fourth-order valence-corrected chi connectivity index (χ4v) is 2.67. The number of esters is 1. The molecule has 0 aliphatic heterocycles. The first-order valence-electron chi connectivity index (χ1n) is 6.08. The maximum absolute atomic E-state index is 11.2. The second-order valence-electron chi connectivity index (χ2n) is 3.95. The van der Waals surface area contributed by atoms with E-state index in [0.717, 1.165) is 23.1 Å². The minimum atomic E-state index is -0.264. The molecule has 4 nitrogen and oxygen atoms in total. The molecule has 100 valence electrons. The maximum Gasteiger partial charge on any atom is 0.311 e. The van der Waals surface area contributed by atoms with E-state index >= 15 is 0 Å². The van der Waals surface area contributed by atoms with Gasteiger partial charge in [-0.15, -0.1) is 11.3 Å². The molecule has 2 aromatic rings. The van der Waals surface area contributed by atoms with Crippen LogP contribution in [0, 0.1) is 0 Å². The third-order valence-corrected chi connectivity index (χ3v) is 3.62. The van der Waals surface area contributed by atoms with E-state index < -0.39 is 0 Å². The van der Waals surface area contributed by atoms with Crippen LogP contribution in [0.25, 0.3) is 0 Å². The van der Waals surface area contributed by atoms with Crippen LogP contribution in [0.4, 0.5) is 10.8 Å². The van der Waals surface area contributed by atoms with Crippen molar-refractivity contribution in [1.82, 2.24) is 4.98 Å². The van der Waals surface area contributed by atoms with E-state index in [4.69, 9.17) is 0 Å². The molecule has 0 N–H and O–H groups in total. The Labute approximate surface area is 116 Å². The third-order valence-electron chi connectivity index (χ3n) is 2.71. The molecule has 1 aromatic carbocycles. The van der Waals surface area contributed by atoms with Crippen LogP contribution in [0.1, 0.15) is 12.6 Å². The van der Waals surface area contributed by atoms with E-state index in [-0.39, 0.29) is 12.4 Å². The summed E-state index contributed by atoms with van der Waals surface area (Å²) in [4.78, 5) is 17.8. The topological polar surface area (TPSA) is 42.4 Å². The van der Waals surface area contributed by atoms with Crippen molar-refractivity contribution >= 4 is 28.1 Å². The van der Waals surface area contributed by atoms with Crippen molar-refractivity contribution in [2.75, 3.05) is 18.6 Å². The van der Waals surface area contributed by atoms with Gasteiger partial charge in [-0.2, -0.15) is 0 Å². The highest BCUT2D eigenvalue weighted by molar-refractivity contribution is 7.13. The molecule has 2 rings (SSSR count). The summed E-state index contributed by atoms with van der Waals surface area (Å²) in [5, 5.41) is 2.80. The van der Waals surface area contributed by atoms with Gasteiger partial charge in [-0.25, -0.2) is 4.98 Å². The van der Waals surface area contributed by atoms with Crippen LogP contribution in [-0.2, 0) is 16.0 Å². The predicted octanol–water partition coefficient (Wildman–Crippen LogP) is 3.02. The summed E-state index contributed by atoms with van der Waals surface area (Å²) in [5.41, 5.74) is 1.85. The van der Waals surface area contributed by atoms with Crippen LogP contribution in [-0.4, -0.2) is 24.6 Å². The van der Waals surface area contributed by atoms with E-state index in [9.17, 15) is 4.79 Å². The molecule has 0 aliphatic rings. The molecule has 0 aliphatic carbocycles. The second-order valence-corrected chi connectivity index (χ2v) is 4.79. The van der Waals surface area contributed by atoms with E-state index in [1.165, 1.54) is 18.4 Å². The lowest BCUT2D eigenvalue weighted by molar-refractivity contribution is -0.139.